The lowest BCUT2D eigenvalue weighted by Gasteiger charge is -2.49. The summed E-state index contributed by atoms with van der Waals surface area (Å²) >= 11 is 0. The van der Waals surface area contributed by atoms with Gasteiger partial charge in [0, 0.05) is 18.6 Å². The zero-order valence-corrected chi connectivity index (χ0v) is 24.3. The Hall–Kier alpha value is -1.86. The van der Waals surface area contributed by atoms with E-state index in [2.05, 4.69) is 41.4 Å². The van der Waals surface area contributed by atoms with Crippen molar-refractivity contribution in [2.24, 2.45) is 11.8 Å². The number of halogens is 2. The number of nitrogens with one attached hydrogen (secondary N) is 1. The summed E-state index contributed by atoms with van der Waals surface area (Å²) in [6.07, 6.45) is 5.67. The lowest BCUT2D eigenvalue weighted by Crippen LogP contribution is -2.47. The van der Waals surface area contributed by atoms with E-state index in [-0.39, 0.29) is 24.8 Å². The van der Waals surface area contributed by atoms with E-state index in [0.29, 0.717) is 23.9 Å². The number of nitrogens with zero attached hydrogens (tertiary/aromatic N) is 1. The van der Waals surface area contributed by atoms with E-state index in [1.165, 1.54) is 35.1 Å². The minimum absolute atomic E-state index is 0. The number of fused-ring (bicyclic) bond motifs is 4. The zero-order valence-electron chi connectivity index (χ0n) is 22.7. The van der Waals surface area contributed by atoms with Crippen molar-refractivity contribution >= 4 is 24.8 Å². The first-order valence-electron chi connectivity index (χ1n) is 13.1. The molecule has 3 heterocycles. The highest BCUT2D eigenvalue weighted by molar-refractivity contribution is 5.85. The van der Waals surface area contributed by atoms with Crippen LogP contribution in [0.1, 0.15) is 60.5 Å². The lowest BCUT2D eigenvalue weighted by molar-refractivity contribution is 0.0291. The molecule has 6 nitrogen and oxygen atoms in total. The van der Waals surface area contributed by atoms with Crippen LogP contribution in [0.15, 0.2) is 24.3 Å². The predicted molar refractivity (Wildman–Crippen MR) is 153 cm³/mol. The van der Waals surface area contributed by atoms with Crippen LogP contribution in [0.2, 0.25) is 0 Å². The van der Waals surface area contributed by atoms with E-state index in [1.807, 2.05) is 0 Å². The Morgan fingerprint density at radius 2 is 1.35 bits per heavy atom. The van der Waals surface area contributed by atoms with Gasteiger partial charge in [0.2, 0.25) is 0 Å². The van der Waals surface area contributed by atoms with Crippen molar-refractivity contribution in [2.45, 2.75) is 51.1 Å². The van der Waals surface area contributed by atoms with Gasteiger partial charge in [0.25, 0.3) is 0 Å². The second kappa shape index (κ2) is 12.8. The van der Waals surface area contributed by atoms with E-state index >= 15 is 0 Å². The summed E-state index contributed by atoms with van der Waals surface area (Å²) in [5.74, 6) is 4.59. The van der Waals surface area contributed by atoms with Crippen LogP contribution >= 0.6 is 24.8 Å². The molecule has 3 aliphatic heterocycles. The molecular formula is C29H42Cl2N2O4. The summed E-state index contributed by atoms with van der Waals surface area (Å²) in [7, 11) is 6.91. The molecule has 1 fully saturated rings. The number of piperidine rings is 1. The molecule has 0 bridgehead atoms. The highest BCUT2D eigenvalue weighted by Crippen LogP contribution is 2.49. The molecule has 0 saturated carbocycles. The van der Waals surface area contributed by atoms with Crippen LogP contribution < -0.4 is 24.3 Å². The average Bonchev–Trinajstić information content (AvgIpc) is 2.91. The maximum atomic E-state index is 5.70. The predicted octanol–water partition coefficient (Wildman–Crippen LogP) is 5.79. The van der Waals surface area contributed by atoms with Crippen molar-refractivity contribution in [2.75, 3.05) is 48.1 Å². The summed E-state index contributed by atoms with van der Waals surface area (Å²) in [5, 5.41) is 3.83. The van der Waals surface area contributed by atoms with Gasteiger partial charge in [-0.3, -0.25) is 4.90 Å². The fourth-order valence-corrected chi connectivity index (χ4v) is 6.92. The average molecular weight is 554 g/mol. The van der Waals surface area contributed by atoms with Gasteiger partial charge in [0.1, 0.15) is 0 Å². The van der Waals surface area contributed by atoms with Gasteiger partial charge in [0.05, 0.1) is 28.4 Å². The minimum atomic E-state index is 0. The van der Waals surface area contributed by atoms with Gasteiger partial charge in [-0.1, -0.05) is 13.3 Å². The monoisotopic (exact) mass is 552 g/mol. The Kier molecular flexibility index (Phi) is 10.3. The summed E-state index contributed by atoms with van der Waals surface area (Å²) in [4.78, 5) is 2.72. The smallest absolute Gasteiger partial charge is 0.161 e. The van der Waals surface area contributed by atoms with Gasteiger partial charge in [-0.2, -0.15) is 0 Å². The molecule has 0 radical (unpaired) electrons. The Morgan fingerprint density at radius 1 is 0.784 bits per heavy atom. The molecule has 2 aromatic carbocycles. The van der Waals surface area contributed by atoms with E-state index in [4.69, 9.17) is 18.9 Å². The zero-order chi connectivity index (χ0) is 24.5. The Bertz CT molecular complexity index is 1070. The summed E-state index contributed by atoms with van der Waals surface area (Å²) in [6, 6.07) is 9.63. The Balaban J connectivity index is 0.00000190. The van der Waals surface area contributed by atoms with E-state index in [1.54, 1.807) is 28.4 Å². The number of benzene rings is 2. The molecule has 0 aliphatic carbocycles. The lowest BCUT2D eigenvalue weighted by atomic mass is 9.70. The second-order valence-corrected chi connectivity index (χ2v) is 10.2. The number of hydrogen-bond acceptors (Lipinski definition) is 6. The molecule has 0 spiro atoms. The van der Waals surface area contributed by atoms with Crippen molar-refractivity contribution in [1.29, 1.82) is 0 Å². The first-order chi connectivity index (χ1) is 17.1. The van der Waals surface area contributed by atoms with E-state index in [0.717, 1.165) is 61.9 Å². The van der Waals surface area contributed by atoms with Crippen molar-refractivity contribution in [3.8, 4) is 23.0 Å². The molecule has 0 aromatic heterocycles. The van der Waals surface area contributed by atoms with Gasteiger partial charge in [-0.25, -0.2) is 0 Å². The molecule has 1 N–H and O–H groups in total. The molecule has 0 unspecified atom stereocenters. The molecule has 4 atom stereocenters. The van der Waals surface area contributed by atoms with Crippen LogP contribution in [-0.4, -0.2) is 53.0 Å². The van der Waals surface area contributed by atoms with E-state index in [9.17, 15) is 0 Å². The molecule has 2 aromatic rings. The third-order valence-corrected chi connectivity index (χ3v) is 8.64. The van der Waals surface area contributed by atoms with Crippen LogP contribution in [0.3, 0.4) is 0 Å². The van der Waals surface area contributed by atoms with Gasteiger partial charge in [-0.05, 0) is 97.1 Å². The van der Waals surface area contributed by atoms with Crippen molar-refractivity contribution in [1.82, 2.24) is 10.2 Å². The highest BCUT2D eigenvalue weighted by atomic mass is 35.5. The van der Waals surface area contributed by atoms with Crippen molar-refractivity contribution in [3.63, 3.8) is 0 Å². The summed E-state index contributed by atoms with van der Waals surface area (Å²) in [6.45, 7) is 5.65. The fraction of sp³-hybridized carbons (Fsp3) is 0.586. The largest absolute Gasteiger partial charge is 0.493 e. The van der Waals surface area contributed by atoms with Gasteiger partial charge in [-0.15, -0.1) is 24.8 Å². The first-order valence-corrected chi connectivity index (χ1v) is 13.1. The molecular weight excluding hydrogens is 511 g/mol. The van der Waals surface area contributed by atoms with Gasteiger partial charge in [0.15, 0.2) is 23.0 Å². The van der Waals surface area contributed by atoms with Crippen LogP contribution in [0, 0.1) is 11.8 Å². The number of methoxy groups -OCH3 is 4. The SMILES string of the molecule is CC[C@@H]1[C@H](C[C@H]2NCCc3cc(OC)c(OC)cc32)CCN2CCc3cc(OC)c(OC)cc3[C@H]12.Cl.Cl. The van der Waals surface area contributed by atoms with Crippen molar-refractivity contribution < 1.29 is 18.9 Å². The third-order valence-electron chi connectivity index (χ3n) is 8.64. The highest BCUT2D eigenvalue weighted by Gasteiger charge is 2.42. The molecule has 5 rings (SSSR count). The van der Waals surface area contributed by atoms with Gasteiger partial charge >= 0.3 is 0 Å². The van der Waals surface area contributed by atoms with Crippen LogP contribution in [0.4, 0.5) is 0 Å². The number of ether oxygens (including phenoxy) is 4. The van der Waals surface area contributed by atoms with Crippen LogP contribution in [0.5, 0.6) is 23.0 Å². The first kappa shape index (κ1) is 29.7. The molecule has 206 valence electrons. The van der Waals surface area contributed by atoms with Crippen molar-refractivity contribution in [3.05, 3.63) is 46.5 Å². The standard InChI is InChI=1S/C29H40N2O4.2ClH/c1-6-21-19(13-24-22-16-27(34-4)25(32-2)14-18(22)7-10-30-24)8-11-31-12-9-20-15-26(33-3)28(35-5)17-23(20)29(21)31;;/h14-17,19,21,24,29-30H,6-13H2,1-5H3;2*1H/t19-,21+,24+,29-;;/m0../s1. The van der Waals surface area contributed by atoms with Crippen LogP contribution in [-0.2, 0) is 12.8 Å². The topological polar surface area (TPSA) is 52.2 Å². The summed E-state index contributed by atoms with van der Waals surface area (Å²) in [5.41, 5.74) is 5.62. The molecule has 1 saturated heterocycles. The number of rotatable bonds is 7. The Labute approximate surface area is 234 Å². The molecule has 0 amide bonds. The van der Waals surface area contributed by atoms with Gasteiger partial charge < -0.3 is 24.3 Å². The maximum absolute atomic E-state index is 5.70. The normalized spacial score (nSPS) is 24.4. The molecule has 37 heavy (non-hydrogen) atoms. The Morgan fingerprint density at radius 3 is 1.95 bits per heavy atom. The quantitative estimate of drug-likeness (QED) is 0.469. The van der Waals surface area contributed by atoms with E-state index < -0.39 is 0 Å². The maximum Gasteiger partial charge on any atom is 0.161 e. The third kappa shape index (κ3) is 5.49. The van der Waals surface area contributed by atoms with Crippen LogP contribution in [0.25, 0.3) is 0 Å². The minimum Gasteiger partial charge on any atom is -0.493 e. The fourth-order valence-electron chi connectivity index (χ4n) is 6.92. The summed E-state index contributed by atoms with van der Waals surface area (Å²) < 4.78 is 22.6. The second-order valence-electron chi connectivity index (χ2n) is 10.2. The molecule has 8 heteroatoms. The molecule has 3 aliphatic rings. The number of hydrogen-bond donors (Lipinski definition) is 1.